The summed E-state index contributed by atoms with van der Waals surface area (Å²) in [6.07, 6.45) is 2.19. The third-order valence-electron chi connectivity index (χ3n) is 4.73. The summed E-state index contributed by atoms with van der Waals surface area (Å²) in [5, 5.41) is 9.66. The van der Waals surface area contributed by atoms with Crippen LogP contribution in [0.4, 0.5) is 0 Å². The standard InChI is InChI=1S/C20H20ClN5OS/c21-17-9-7-15(8-10-17)18-23-24-20(26(18)22)28-13-14-3-5-16(6-4-14)19(27)25-11-1-2-12-25/h3-10H,1-2,11-13,22H2. The van der Waals surface area contributed by atoms with Crippen molar-refractivity contribution >= 4 is 29.3 Å². The van der Waals surface area contributed by atoms with Crippen LogP contribution in [0.3, 0.4) is 0 Å². The number of nitrogen functional groups attached to an aromatic ring is 1. The van der Waals surface area contributed by atoms with Crippen molar-refractivity contribution in [1.29, 1.82) is 0 Å². The van der Waals surface area contributed by atoms with E-state index in [4.69, 9.17) is 17.4 Å². The van der Waals surface area contributed by atoms with Gasteiger partial charge < -0.3 is 10.7 Å². The fourth-order valence-corrected chi connectivity index (χ4v) is 4.10. The quantitative estimate of drug-likeness (QED) is 0.508. The van der Waals surface area contributed by atoms with Crippen LogP contribution in [0, 0.1) is 0 Å². The van der Waals surface area contributed by atoms with Crippen molar-refractivity contribution in [3.63, 3.8) is 0 Å². The first-order chi connectivity index (χ1) is 13.6. The van der Waals surface area contributed by atoms with Crippen molar-refractivity contribution in [3.05, 3.63) is 64.7 Å². The molecule has 0 spiro atoms. The molecule has 0 atom stereocenters. The molecule has 1 amide bonds. The molecule has 0 unspecified atom stereocenters. The van der Waals surface area contributed by atoms with Gasteiger partial charge in [0.1, 0.15) is 0 Å². The molecule has 1 aromatic heterocycles. The molecule has 2 N–H and O–H groups in total. The number of likely N-dealkylation sites (tertiary alicyclic amines) is 1. The van der Waals surface area contributed by atoms with Crippen molar-refractivity contribution in [1.82, 2.24) is 19.8 Å². The van der Waals surface area contributed by atoms with E-state index < -0.39 is 0 Å². The number of nitrogens with two attached hydrogens (primary N) is 1. The van der Waals surface area contributed by atoms with E-state index in [-0.39, 0.29) is 5.91 Å². The number of hydrogen-bond donors (Lipinski definition) is 1. The van der Waals surface area contributed by atoms with Gasteiger partial charge >= 0.3 is 0 Å². The smallest absolute Gasteiger partial charge is 0.253 e. The van der Waals surface area contributed by atoms with Crippen LogP contribution in [-0.2, 0) is 5.75 Å². The third kappa shape index (κ3) is 4.00. The van der Waals surface area contributed by atoms with Gasteiger partial charge in [0.05, 0.1) is 0 Å². The van der Waals surface area contributed by atoms with Crippen molar-refractivity contribution in [2.24, 2.45) is 0 Å². The first-order valence-electron chi connectivity index (χ1n) is 9.09. The molecular formula is C20H20ClN5OS. The Hall–Kier alpha value is -2.51. The molecule has 1 aliphatic heterocycles. The molecule has 0 bridgehead atoms. The summed E-state index contributed by atoms with van der Waals surface area (Å²) < 4.78 is 1.49. The Morgan fingerprint density at radius 2 is 1.71 bits per heavy atom. The van der Waals surface area contributed by atoms with Crippen molar-refractivity contribution in [2.75, 3.05) is 18.9 Å². The highest BCUT2D eigenvalue weighted by molar-refractivity contribution is 7.98. The number of carbonyl (C=O) groups is 1. The van der Waals surface area contributed by atoms with E-state index in [1.165, 1.54) is 16.4 Å². The zero-order valence-corrected chi connectivity index (χ0v) is 16.8. The SMILES string of the molecule is Nn1c(SCc2ccc(C(=O)N3CCCC3)cc2)nnc1-c1ccc(Cl)cc1. The monoisotopic (exact) mass is 413 g/mol. The van der Waals surface area contributed by atoms with Gasteiger partial charge in [-0.05, 0) is 54.8 Å². The van der Waals surface area contributed by atoms with Crippen molar-refractivity contribution in [3.8, 4) is 11.4 Å². The molecule has 0 saturated carbocycles. The predicted molar refractivity (Wildman–Crippen MR) is 112 cm³/mol. The lowest BCUT2D eigenvalue weighted by molar-refractivity contribution is 0.0793. The van der Waals surface area contributed by atoms with E-state index in [2.05, 4.69) is 10.2 Å². The predicted octanol–water partition coefficient (Wildman–Crippen LogP) is 3.84. The lowest BCUT2D eigenvalue weighted by atomic mass is 10.1. The molecule has 8 heteroatoms. The lowest BCUT2D eigenvalue weighted by Crippen LogP contribution is -2.27. The first-order valence-corrected chi connectivity index (χ1v) is 10.5. The maximum atomic E-state index is 12.4. The van der Waals surface area contributed by atoms with Gasteiger partial charge in [-0.2, -0.15) is 0 Å². The number of aromatic nitrogens is 3. The van der Waals surface area contributed by atoms with Crippen molar-refractivity contribution < 1.29 is 4.79 Å². The Morgan fingerprint density at radius 3 is 2.39 bits per heavy atom. The lowest BCUT2D eigenvalue weighted by Gasteiger charge is -2.15. The van der Waals surface area contributed by atoms with Crippen LogP contribution < -0.4 is 5.84 Å². The second kappa shape index (κ2) is 8.24. The van der Waals surface area contributed by atoms with Crippen LogP contribution in [0.15, 0.2) is 53.7 Å². The second-order valence-corrected chi connectivity index (χ2v) is 8.05. The van der Waals surface area contributed by atoms with Gasteiger partial charge in [0.15, 0.2) is 5.82 Å². The maximum Gasteiger partial charge on any atom is 0.253 e. The summed E-state index contributed by atoms with van der Waals surface area (Å²) in [5.74, 6) is 7.55. The molecule has 1 fully saturated rings. The Balaban J connectivity index is 1.40. The fourth-order valence-electron chi connectivity index (χ4n) is 3.17. The van der Waals surface area contributed by atoms with E-state index in [0.29, 0.717) is 21.8 Å². The number of carbonyl (C=O) groups excluding carboxylic acids is 1. The highest BCUT2D eigenvalue weighted by Gasteiger charge is 2.19. The number of benzene rings is 2. The van der Waals surface area contributed by atoms with Gasteiger partial charge in [-0.3, -0.25) is 4.79 Å². The van der Waals surface area contributed by atoms with E-state index in [0.717, 1.165) is 42.6 Å². The maximum absolute atomic E-state index is 12.4. The number of halogens is 1. The average Bonchev–Trinajstić information content (AvgIpc) is 3.37. The van der Waals surface area contributed by atoms with Gasteiger partial charge in [-0.1, -0.05) is 35.5 Å². The highest BCUT2D eigenvalue weighted by atomic mass is 35.5. The van der Waals surface area contributed by atoms with Gasteiger partial charge in [0.2, 0.25) is 5.16 Å². The number of thioether (sulfide) groups is 1. The third-order valence-corrected chi connectivity index (χ3v) is 6.00. The average molecular weight is 414 g/mol. The van der Waals surface area contributed by atoms with E-state index in [1.54, 1.807) is 12.1 Å². The molecule has 2 heterocycles. The summed E-state index contributed by atoms with van der Waals surface area (Å²) >= 11 is 7.43. The van der Waals surface area contributed by atoms with Crippen LogP contribution in [0.2, 0.25) is 5.02 Å². The fraction of sp³-hybridized carbons (Fsp3) is 0.250. The summed E-state index contributed by atoms with van der Waals surface area (Å²) in [6.45, 7) is 1.72. The van der Waals surface area contributed by atoms with Gasteiger partial charge in [0, 0.05) is 35.0 Å². The van der Waals surface area contributed by atoms with Crippen molar-refractivity contribution in [2.45, 2.75) is 23.8 Å². The Bertz CT molecular complexity index is 965. The second-order valence-electron chi connectivity index (χ2n) is 6.67. The molecule has 6 nitrogen and oxygen atoms in total. The zero-order valence-electron chi connectivity index (χ0n) is 15.2. The van der Waals surface area contributed by atoms with Crippen LogP contribution in [0.5, 0.6) is 0 Å². The normalized spacial score (nSPS) is 13.8. The topological polar surface area (TPSA) is 77.0 Å². The Labute approximate surface area is 172 Å². The van der Waals surface area contributed by atoms with E-state index in [1.807, 2.05) is 41.3 Å². The van der Waals surface area contributed by atoms with Gasteiger partial charge in [-0.25, -0.2) is 4.68 Å². The van der Waals surface area contributed by atoms with Crippen LogP contribution in [-0.4, -0.2) is 38.8 Å². The molecule has 1 aliphatic rings. The first kappa shape index (κ1) is 18.8. The molecule has 4 rings (SSSR count). The molecule has 3 aromatic rings. The largest absolute Gasteiger partial charge is 0.339 e. The molecule has 2 aromatic carbocycles. The molecular weight excluding hydrogens is 394 g/mol. The minimum Gasteiger partial charge on any atom is -0.339 e. The van der Waals surface area contributed by atoms with Crippen LogP contribution >= 0.6 is 23.4 Å². The highest BCUT2D eigenvalue weighted by Crippen LogP contribution is 2.25. The minimum absolute atomic E-state index is 0.117. The van der Waals surface area contributed by atoms with Crippen LogP contribution in [0.25, 0.3) is 11.4 Å². The summed E-state index contributed by atoms with van der Waals surface area (Å²) in [4.78, 5) is 14.3. The minimum atomic E-state index is 0.117. The summed E-state index contributed by atoms with van der Waals surface area (Å²) in [5.41, 5.74) is 2.69. The molecule has 1 saturated heterocycles. The molecule has 0 radical (unpaired) electrons. The number of hydrogen-bond acceptors (Lipinski definition) is 5. The zero-order chi connectivity index (χ0) is 19.5. The van der Waals surface area contributed by atoms with E-state index >= 15 is 0 Å². The molecule has 0 aliphatic carbocycles. The van der Waals surface area contributed by atoms with Gasteiger partial charge in [0.25, 0.3) is 5.91 Å². The Kier molecular flexibility index (Phi) is 5.54. The molecule has 144 valence electrons. The number of rotatable bonds is 5. The summed E-state index contributed by atoms with van der Waals surface area (Å²) in [7, 11) is 0. The number of nitrogens with zero attached hydrogens (tertiary/aromatic N) is 4. The number of amides is 1. The van der Waals surface area contributed by atoms with Crippen LogP contribution in [0.1, 0.15) is 28.8 Å². The molecule has 28 heavy (non-hydrogen) atoms. The summed E-state index contributed by atoms with van der Waals surface area (Å²) in [6, 6.07) is 15.1. The van der Waals surface area contributed by atoms with Gasteiger partial charge in [-0.15, -0.1) is 10.2 Å². The van der Waals surface area contributed by atoms with E-state index in [9.17, 15) is 4.79 Å². The Morgan fingerprint density at radius 1 is 1.04 bits per heavy atom.